The molecule has 8 heteroatoms. The molecule has 162 valence electrons. The van der Waals surface area contributed by atoms with Crippen molar-refractivity contribution in [3.63, 3.8) is 0 Å². The number of aryl methyl sites for hydroxylation is 1. The number of amides is 1. The second kappa shape index (κ2) is 9.18. The minimum atomic E-state index is -3.51. The van der Waals surface area contributed by atoms with Crippen LogP contribution < -0.4 is 0 Å². The van der Waals surface area contributed by atoms with Gasteiger partial charge in [0.05, 0.1) is 5.92 Å². The second-order valence-electron chi connectivity index (χ2n) is 8.15. The summed E-state index contributed by atoms with van der Waals surface area (Å²) in [5.74, 6) is -0.133. The van der Waals surface area contributed by atoms with Crippen LogP contribution in [0, 0.1) is 12.8 Å². The average Bonchev–Trinajstić information content (AvgIpc) is 3.22. The number of benzene rings is 1. The molecular formula is C22H29N3O3S2. The Morgan fingerprint density at radius 2 is 1.77 bits per heavy atom. The van der Waals surface area contributed by atoms with Crippen LogP contribution >= 0.6 is 11.3 Å². The summed E-state index contributed by atoms with van der Waals surface area (Å²) in [7, 11) is -3.51. The number of hydrogen-bond acceptors (Lipinski definition) is 5. The van der Waals surface area contributed by atoms with Gasteiger partial charge in [-0.3, -0.25) is 9.69 Å². The lowest BCUT2D eigenvalue weighted by Gasteiger charge is -2.38. The summed E-state index contributed by atoms with van der Waals surface area (Å²) in [4.78, 5) is 18.4. The SMILES string of the molecule is Cc1ccc(S(=O)(=O)N2CCC[C@@H](C(=O)N3CCN(Cc4ccccc4)CC3)C2)s1. The number of thiophene rings is 1. The number of carbonyl (C=O) groups excluding carboxylic acids is 1. The maximum absolute atomic E-state index is 13.1. The van der Waals surface area contributed by atoms with Crippen molar-refractivity contribution in [1.82, 2.24) is 14.1 Å². The van der Waals surface area contributed by atoms with E-state index in [4.69, 9.17) is 0 Å². The molecule has 0 bridgehead atoms. The molecule has 2 aliphatic rings. The van der Waals surface area contributed by atoms with Crippen molar-refractivity contribution in [1.29, 1.82) is 0 Å². The second-order valence-corrected chi connectivity index (χ2v) is 11.6. The summed E-state index contributed by atoms with van der Waals surface area (Å²) in [5, 5.41) is 0. The standard InChI is InChI=1S/C22H29N3O3S2/c1-18-9-10-21(29-18)30(27,28)25-11-5-8-20(17-25)22(26)24-14-12-23(13-15-24)16-19-6-3-2-4-7-19/h2-4,6-7,9-10,20H,5,8,11-17H2,1H3/t20-/m1/s1. The molecule has 2 aromatic rings. The molecule has 0 unspecified atom stereocenters. The first-order valence-electron chi connectivity index (χ1n) is 10.5. The fourth-order valence-electron chi connectivity index (χ4n) is 4.27. The number of nitrogens with zero attached hydrogens (tertiary/aromatic N) is 3. The van der Waals surface area contributed by atoms with Crippen LogP contribution in [0.25, 0.3) is 0 Å². The number of sulfonamides is 1. The minimum absolute atomic E-state index is 0.108. The van der Waals surface area contributed by atoms with Crippen LogP contribution in [0.2, 0.25) is 0 Å². The fourth-order valence-corrected chi connectivity index (χ4v) is 7.23. The maximum Gasteiger partial charge on any atom is 0.252 e. The summed E-state index contributed by atoms with van der Waals surface area (Å²) >= 11 is 1.30. The number of carbonyl (C=O) groups is 1. The fraction of sp³-hybridized carbons (Fsp3) is 0.500. The van der Waals surface area contributed by atoms with E-state index in [-0.39, 0.29) is 11.8 Å². The van der Waals surface area contributed by atoms with E-state index in [0.29, 0.717) is 30.4 Å². The first-order chi connectivity index (χ1) is 14.4. The van der Waals surface area contributed by atoms with Gasteiger partial charge in [0.1, 0.15) is 4.21 Å². The Kier molecular flexibility index (Phi) is 6.57. The van der Waals surface area contributed by atoms with Gasteiger partial charge in [-0.2, -0.15) is 4.31 Å². The van der Waals surface area contributed by atoms with Gasteiger partial charge in [-0.05, 0) is 37.5 Å². The molecule has 6 nitrogen and oxygen atoms in total. The van der Waals surface area contributed by atoms with Gasteiger partial charge in [0, 0.05) is 50.7 Å². The average molecular weight is 448 g/mol. The first kappa shape index (κ1) is 21.5. The highest BCUT2D eigenvalue weighted by atomic mass is 32.2. The zero-order valence-electron chi connectivity index (χ0n) is 17.4. The van der Waals surface area contributed by atoms with Crippen LogP contribution in [0.3, 0.4) is 0 Å². The van der Waals surface area contributed by atoms with Crippen molar-refractivity contribution in [2.75, 3.05) is 39.3 Å². The monoisotopic (exact) mass is 447 g/mol. The van der Waals surface area contributed by atoms with Crippen molar-refractivity contribution in [3.8, 4) is 0 Å². The molecule has 3 heterocycles. The highest BCUT2D eigenvalue weighted by molar-refractivity contribution is 7.91. The molecule has 1 aromatic carbocycles. The largest absolute Gasteiger partial charge is 0.340 e. The molecule has 1 atom stereocenters. The summed E-state index contributed by atoms with van der Waals surface area (Å²) in [6.07, 6.45) is 1.49. The molecular weight excluding hydrogens is 418 g/mol. The van der Waals surface area contributed by atoms with Gasteiger partial charge in [-0.15, -0.1) is 11.3 Å². The molecule has 0 N–H and O–H groups in total. The van der Waals surface area contributed by atoms with Gasteiger partial charge < -0.3 is 4.90 Å². The number of rotatable bonds is 5. The van der Waals surface area contributed by atoms with Crippen LogP contribution in [0.1, 0.15) is 23.3 Å². The van der Waals surface area contributed by atoms with Crippen LogP contribution in [-0.4, -0.2) is 67.7 Å². The van der Waals surface area contributed by atoms with Gasteiger partial charge in [0.2, 0.25) is 5.91 Å². The Morgan fingerprint density at radius 3 is 2.43 bits per heavy atom. The van der Waals surface area contributed by atoms with E-state index in [1.165, 1.54) is 21.2 Å². The van der Waals surface area contributed by atoms with Crippen molar-refractivity contribution < 1.29 is 13.2 Å². The van der Waals surface area contributed by atoms with Gasteiger partial charge in [-0.25, -0.2) is 8.42 Å². The van der Waals surface area contributed by atoms with Crippen molar-refractivity contribution in [2.24, 2.45) is 5.92 Å². The number of piperazine rings is 1. The number of hydrogen-bond donors (Lipinski definition) is 0. The Balaban J connectivity index is 1.34. The summed E-state index contributed by atoms with van der Waals surface area (Å²) in [6.45, 7) is 6.71. The molecule has 1 amide bonds. The van der Waals surface area contributed by atoms with E-state index >= 15 is 0 Å². The molecule has 0 saturated carbocycles. The summed E-state index contributed by atoms with van der Waals surface area (Å²) in [6, 6.07) is 13.9. The molecule has 2 saturated heterocycles. The lowest BCUT2D eigenvalue weighted by molar-refractivity contribution is -0.138. The Hall–Kier alpha value is -1.74. The molecule has 2 fully saturated rings. The molecule has 4 rings (SSSR count). The highest BCUT2D eigenvalue weighted by Gasteiger charge is 2.36. The van der Waals surface area contributed by atoms with Gasteiger partial charge in [0.25, 0.3) is 10.0 Å². The van der Waals surface area contributed by atoms with Crippen molar-refractivity contribution in [2.45, 2.75) is 30.5 Å². The third kappa shape index (κ3) is 4.77. The van der Waals surface area contributed by atoms with Crippen LogP contribution in [0.5, 0.6) is 0 Å². The van der Waals surface area contributed by atoms with E-state index in [9.17, 15) is 13.2 Å². The Labute approximate surface area is 183 Å². The van der Waals surface area contributed by atoms with Gasteiger partial charge >= 0.3 is 0 Å². The van der Waals surface area contributed by atoms with E-state index < -0.39 is 10.0 Å². The van der Waals surface area contributed by atoms with Crippen LogP contribution in [0.4, 0.5) is 0 Å². The molecule has 2 aliphatic heterocycles. The third-order valence-electron chi connectivity index (χ3n) is 5.98. The quantitative estimate of drug-likeness (QED) is 0.707. The molecule has 1 aromatic heterocycles. The van der Waals surface area contributed by atoms with E-state index in [1.54, 1.807) is 6.07 Å². The topological polar surface area (TPSA) is 60.9 Å². The molecule has 0 spiro atoms. The summed E-state index contributed by atoms with van der Waals surface area (Å²) < 4.78 is 27.8. The lowest BCUT2D eigenvalue weighted by atomic mass is 9.97. The first-order valence-corrected chi connectivity index (χ1v) is 12.8. The zero-order chi connectivity index (χ0) is 21.1. The van der Waals surface area contributed by atoms with E-state index in [2.05, 4.69) is 29.2 Å². The summed E-state index contributed by atoms with van der Waals surface area (Å²) in [5.41, 5.74) is 1.29. The van der Waals surface area contributed by atoms with Crippen molar-refractivity contribution in [3.05, 3.63) is 52.9 Å². The predicted octanol–water partition coefficient (Wildman–Crippen LogP) is 2.80. The molecule has 30 heavy (non-hydrogen) atoms. The number of piperidine rings is 1. The van der Waals surface area contributed by atoms with E-state index in [0.717, 1.165) is 37.4 Å². The van der Waals surface area contributed by atoms with Gasteiger partial charge in [-0.1, -0.05) is 30.3 Å². The molecule has 0 aliphatic carbocycles. The van der Waals surface area contributed by atoms with Crippen LogP contribution in [0.15, 0.2) is 46.7 Å². The maximum atomic E-state index is 13.1. The molecule has 0 radical (unpaired) electrons. The van der Waals surface area contributed by atoms with E-state index in [1.807, 2.05) is 24.0 Å². The zero-order valence-corrected chi connectivity index (χ0v) is 19.0. The smallest absolute Gasteiger partial charge is 0.252 e. The van der Waals surface area contributed by atoms with Crippen molar-refractivity contribution >= 4 is 27.3 Å². The minimum Gasteiger partial charge on any atom is -0.340 e. The van der Waals surface area contributed by atoms with Gasteiger partial charge in [0.15, 0.2) is 0 Å². The Morgan fingerprint density at radius 1 is 1.03 bits per heavy atom. The predicted molar refractivity (Wildman–Crippen MR) is 119 cm³/mol. The third-order valence-corrected chi connectivity index (χ3v) is 9.31. The highest BCUT2D eigenvalue weighted by Crippen LogP contribution is 2.29. The van der Waals surface area contributed by atoms with Crippen LogP contribution in [-0.2, 0) is 21.4 Å². The lowest BCUT2D eigenvalue weighted by Crippen LogP contribution is -2.52. The Bertz CT molecular complexity index is 967. The normalized spacial score (nSPS) is 21.6.